The maximum atomic E-state index is 12.8. The van der Waals surface area contributed by atoms with E-state index >= 15 is 0 Å². The van der Waals surface area contributed by atoms with Crippen LogP contribution < -0.4 is 15.5 Å². The largest absolute Gasteiger partial charge is 0.344 e. The molecule has 29 heavy (non-hydrogen) atoms. The first-order valence-electron chi connectivity index (χ1n) is 9.98. The molecule has 3 amide bonds. The molecule has 2 aromatic carbocycles. The third-order valence-corrected chi connectivity index (χ3v) is 4.97. The maximum Gasteiger partial charge on any atom is 0.247 e. The first-order chi connectivity index (χ1) is 13.9. The minimum Gasteiger partial charge on any atom is -0.344 e. The lowest BCUT2D eigenvalue weighted by Crippen LogP contribution is -2.47. The average Bonchev–Trinajstić information content (AvgIpc) is 3.13. The third-order valence-electron chi connectivity index (χ3n) is 4.97. The van der Waals surface area contributed by atoms with E-state index in [-0.39, 0.29) is 30.1 Å². The van der Waals surface area contributed by atoms with Crippen molar-refractivity contribution in [1.82, 2.24) is 5.32 Å². The molecule has 0 spiro atoms. The second-order valence-corrected chi connectivity index (χ2v) is 7.64. The number of anilines is 2. The molecule has 1 aliphatic heterocycles. The van der Waals surface area contributed by atoms with Crippen molar-refractivity contribution in [3.63, 3.8) is 0 Å². The summed E-state index contributed by atoms with van der Waals surface area (Å²) in [4.78, 5) is 38.9. The highest BCUT2D eigenvalue weighted by atomic mass is 16.2. The topological polar surface area (TPSA) is 78.5 Å². The van der Waals surface area contributed by atoms with Gasteiger partial charge in [-0.15, -0.1) is 0 Å². The molecule has 2 aromatic rings. The maximum absolute atomic E-state index is 12.8. The van der Waals surface area contributed by atoms with Crippen molar-refractivity contribution in [2.24, 2.45) is 5.92 Å². The summed E-state index contributed by atoms with van der Waals surface area (Å²) in [6, 6.07) is 16.0. The Kier molecular flexibility index (Phi) is 6.65. The van der Waals surface area contributed by atoms with Crippen LogP contribution in [-0.4, -0.2) is 30.3 Å². The Balaban J connectivity index is 1.65. The van der Waals surface area contributed by atoms with Crippen LogP contribution in [0.4, 0.5) is 11.4 Å². The van der Waals surface area contributed by atoms with Crippen LogP contribution in [0.5, 0.6) is 0 Å². The molecule has 0 bridgehead atoms. The van der Waals surface area contributed by atoms with Crippen LogP contribution in [0.3, 0.4) is 0 Å². The predicted octanol–water partition coefficient (Wildman–Crippen LogP) is 3.14. The molecule has 6 heteroatoms. The molecule has 0 aliphatic carbocycles. The van der Waals surface area contributed by atoms with E-state index in [4.69, 9.17) is 0 Å². The van der Waals surface area contributed by atoms with Crippen molar-refractivity contribution in [3.05, 3.63) is 60.2 Å². The summed E-state index contributed by atoms with van der Waals surface area (Å²) in [5.74, 6) is -0.437. The molecule has 1 heterocycles. The van der Waals surface area contributed by atoms with E-state index in [2.05, 4.69) is 10.6 Å². The minimum atomic E-state index is -0.650. The monoisotopic (exact) mass is 393 g/mol. The molecule has 1 fully saturated rings. The zero-order chi connectivity index (χ0) is 20.8. The standard InChI is InChI=1S/C23H27N3O3/c1-16(2)22(25-20(27)14-17-8-4-3-5-9-17)23(29)24-18-10-6-11-19(15-18)26-13-7-12-21(26)28/h3-6,8-11,15-16,22H,7,12-14H2,1-2H3,(H,24,29)(H,25,27)/t22-/m0/s1. The fourth-order valence-electron chi connectivity index (χ4n) is 3.43. The highest BCUT2D eigenvalue weighted by Crippen LogP contribution is 2.24. The van der Waals surface area contributed by atoms with Crippen LogP contribution in [0.25, 0.3) is 0 Å². The smallest absolute Gasteiger partial charge is 0.247 e. The molecule has 0 unspecified atom stereocenters. The number of rotatable bonds is 7. The summed E-state index contributed by atoms with van der Waals surface area (Å²) in [5.41, 5.74) is 2.28. The van der Waals surface area contributed by atoms with E-state index < -0.39 is 6.04 Å². The van der Waals surface area contributed by atoms with E-state index in [1.807, 2.05) is 56.3 Å². The molecule has 1 saturated heterocycles. The molecule has 3 rings (SSSR count). The molecular formula is C23H27N3O3. The summed E-state index contributed by atoms with van der Waals surface area (Å²) in [7, 11) is 0. The first kappa shape index (κ1) is 20.6. The summed E-state index contributed by atoms with van der Waals surface area (Å²) in [5, 5.41) is 5.73. The zero-order valence-electron chi connectivity index (χ0n) is 16.9. The van der Waals surface area contributed by atoms with Gasteiger partial charge in [0.25, 0.3) is 0 Å². The van der Waals surface area contributed by atoms with Gasteiger partial charge in [0.1, 0.15) is 6.04 Å². The van der Waals surface area contributed by atoms with E-state index in [9.17, 15) is 14.4 Å². The van der Waals surface area contributed by atoms with Gasteiger partial charge < -0.3 is 15.5 Å². The molecule has 6 nitrogen and oxygen atoms in total. The van der Waals surface area contributed by atoms with Gasteiger partial charge in [0.05, 0.1) is 6.42 Å². The number of benzene rings is 2. The molecule has 152 valence electrons. The summed E-state index contributed by atoms with van der Waals surface area (Å²) in [6.45, 7) is 4.49. The number of carbonyl (C=O) groups excluding carboxylic acids is 3. The first-order valence-corrected chi connectivity index (χ1v) is 9.98. The lowest BCUT2D eigenvalue weighted by atomic mass is 10.0. The average molecular weight is 393 g/mol. The van der Waals surface area contributed by atoms with Gasteiger partial charge in [-0.1, -0.05) is 50.2 Å². The highest BCUT2D eigenvalue weighted by molar-refractivity contribution is 5.99. The van der Waals surface area contributed by atoms with Gasteiger partial charge in [0, 0.05) is 24.3 Å². The summed E-state index contributed by atoms with van der Waals surface area (Å²) >= 11 is 0. The van der Waals surface area contributed by atoms with Crippen molar-refractivity contribution in [3.8, 4) is 0 Å². The van der Waals surface area contributed by atoms with E-state index in [1.165, 1.54) is 0 Å². The van der Waals surface area contributed by atoms with Crippen molar-refractivity contribution >= 4 is 29.1 Å². The van der Waals surface area contributed by atoms with Gasteiger partial charge in [0.2, 0.25) is 17.7 Å². The van der Waals surface area contributed by atoms with Crippen molar-refractivity contribution in [2.45, 2.75) is 39.2 Å². The number of hydrogen-bond donors (Lipinski definition) is 2. The van der Waals surface area contributed by atoms with Crippen LogP contribution in [0.15, 0.2) is 54.6 Å². The lowest BCUT2D eigenvalue weighted by molar-refractivity contribution is -0.127. The molecule has 0 saturated carbocycles. The second-order valence-electron chi connectivity index (χ2n) is 7.64. The fraction of sp³-hybridized carbons (Fsp3) is 0.348. The Bertz CT molecular complexity index is 880. The van der Waals surface area contributed by atoms with E-state index in [0.717, 1.165) is 17.7 Å². The second kappa shape index (κ2) is 9.37. The Hall–Kier alpha value is -3.15. The van der Waals surface area contributed by atoms with Crippen molar-refractivity contribution < 1.29 is 14.4 Å². The molecule has 1 atom stereocenters. The number of amides is 3. The van der Waals surface area contributed by atoms with Crippen LogP contribution in [0.2, 0.25) is 0 Å². The fourth-order valence-corrected chi connectivity index (χ4v) is 3.43. The highest BCUT2D eigenvalue weighted by Gasteiger charge is 2.25. The Morgan fingerprint density at radius 1 is 1.07 bits per heavy atom. The molecule has 0 aromatic heterocycles. The minimum absolute atomic E-state index is 0.0712. The van der Waals surface area contributed by atoms with Crippen molar-refractivity contribution in [2.75, 3.05) is 16.8 Å². The van der Waals surface area contributed by atoms with Crippen molar-refractivity contribution in [1.29, 1.82) is 0 Å². The van der Waals surface area contributed by atoms with Gasteiger partial charge in [-0.25, -0.2) is 0 Å². The zero-order valence-corrected chi connectivity index (χ0v) is 16.9. The van der Waals surface area contributed by atoms with Gasteiger partial charge in [-0.3, -0.25) is 14.4 Å². The number of hydrogen-bond acceptors (Lipinski definition) is 3. The normalized spacial score (nSPS) is 14.7. The number of carbonyl (C=O) groups is 3. The molecule has 2 N–H and O–H groups in total. The third kappa shape index (κ3) is 5.44. The SMILES string of the molecule is CC(C)[C@H](NC(=O)Cc1ccccc1)C(=O)Nc1cccc(N2CCCC2=O)c1. The lowest BCUT2D eigenvalue weighted by Gasteiger charge is -2.22. The van der Waals surface area contributed by atoms with Gasteiger partial charge >= 0.3 is 0 Å². The van der Waals surface area contributed by atoms with E-state index in [0.29, 0.717) is 18.7 Å². The van der Waals surface area contributed by atoms with Gasteiger partial charge in [-0.2, -0.15) is 0 Å². The van der Waals surface area contributed by atoms with Gasteiger partial charge in [0.15, 0.2) is 0 Å². The molecule has 1 aliphatic rings. The van der Waals surface area contributed by atoms with Crippen LogP contribution in [0.1, 0.15) is 32.3 Å². The summed E-state index contributed by atoms with van der Waals surface area (Å²) < 4.78 is 0. The number of nitrogens with one attached hydrogen (secondary N) is 2. The molecule has 0 radical (unpaired) electrons. The Labute approximate surface area is 171 Å². The molecular weight excluding hydrogens is 366 g/mol. The van der Waals surface area contributed by atoms with Gasteiger partial charge in [-0.05, 0) is 36.1 Å². The van der Waals surface area contributed by atoms with Crippen LogP contribution in [0, 0.1) is 5.92 Å². The van der Waals surface area contributed by atoms with E-state index in [1.54, 1.807) is 17.0 Å². The Morgan fingerprint density at radius 2 is 1.83 bits per heavy atom. The quantitative estimate of drug-likeness (QED) is 0.759. The van der Waals surface area contributed by atoms with Crippen LogP contribution >= 0.6 is 0 Å². The predicted molar refractivity (Wildman–Crippen MR) is 114 cm³/mol. The Morgan fingerprint density at radius 3 is 2.48 bits per heavy atom. The number of nitrogens with zero attached hydrogens (tertiary/aromatic N) is 1. The van der Waals surface area contributed by atoms with Crippen LogP contribution in [-0.2, 0) is 20.8 Å². The summed E-state index contributed by atoms with van der Waals surface area (Å²) in [6.07, 6.45) is 1.63.